The highest BCUT2D eigenvalue weighted by atomic mass is 35.5. The number of aryl methyl sites for hydroxylation is 1. The minimum Gasteiger partial charge on any atom is -0.293 e. The molecular formula is C19H13ClN2OS. The molecule has 0 bridgehead atoms. The Bertz CT molecular complexity index is 962. The molecule has 5 heteroatoms. The summed E-state index contributed by atoms with van der Waals surface area (Å²) in [5.74, 6) is 0.202. The molecule has 3 aromatic rings. The SMILES string of the molecule is Cc1cccc2cc(C#N)c(SCC(=O)c3ccc(Cl)cc3)nc12. The number of nitriles is 1. The largest absolute Gasteiger partial charge is 0.293 e. The number of ketones is 1. The van der Waals surface area contributed by atoms with Crippen LogP contribution < -0.4 is 0 Å². The van der Waals surface area contributed by atoms with Crippen LogP contribution in [0, 0.1) is 18.3 Å². The number of pyridine rings is 1. The lowest BCUT2D eigenvalue weighted by molar-refractivity contribution is 0.102. The summed E-state index contributed by atoms with van der Waals surface area (Å²) in [6.45, 7) is 1.98. The van der Waals surface area contributed by atoms with Gasteiger partial charge in [0.2, 0.25) is 0 Å². The lowest BCUT2D eigenvalue weighted by Gasteiger charge is -2.07. The molecule has 3 nitrogen and oxygen atoms in total. The van der Waals surface area contributed by atoms with Gasteiger partial charge in [-0.05, 0) is 42.8 Å². The van der Waals surface area contributed by atoms with Crippen LogP contribution in [-0.4, -0.2) is 16.5 Å². The number of rotatable bonds is 4. The molecule has 0 unspecified atom stereocenters. The monoisotopic (exact) mass is 352 g/mol. The van der Waals surface area contributed by atoms with Crippen molar-refractivity contribution in [3.05, 3.63) is 70.2 Å². The second kappa shape index (κ2) is 7.04. The van der Waals surface area contributed by atoms with E-state index < -0.39 is 0 Å². The number of carbonyl (C=O) groups is 1. The average molecular weight is 353 g/mol. The third-order valence-electron chi connectivity index (χ3n) is 3.64. The maximum absolute atomic E-state index is 12.3. The number of hydrogen-bond donors (Lipinski definition) is 0. The molecule has 0 fully saturated rings. The lowest BCUT2D eigenvalue weighted by Crippen LogP contribution is -2.03. The molecule has 0 atom stereocenters. The topological polar surface area (TPSA) is 53.8 Å². The molecule has 0 N–H and O–H groups in total. The third kappa shape index (κ3) is 3.43. The van der Waals surface area contributed by atoms with Gasteiger partial charge < -0.3 is 0 Å². The van der Waals surface area contributed by atoms with Crippen LogP contribution in [0.25, 0.3) is 10.9 Å². The summed E-state index contributed by atoms with van der Waals surface area (Å²) in [5.41, 5.74) is 2.99. The van der Waals surface area contributed by atoms with E-state index in [-0.39, 0.29) is 11.5 Å². The molecule has 0 spiro atoms. The third-order valence-corrected chi connectivity index (χ3v) is 4.88. The summed E-state index contributed by atoms with van der Waals surface area (Å²) in [6.07, 6.45) is 0. The van der Waals surface area contributed by atoms with Crippen LogP contribution in [0.5, 0.6) is 0 Å². The molecule has 0 aliphatic heterocycles. The molecule has 1 aromatic heterocycles. The number of para-hydroxylation sites is 1. The normalized spacial score (nSPS) is 10.5. The van der Waals surface area contributed by atoms with Crippen LogP contribution in [-0.2, 0) is 0 Å². The van der Waals surface area contributed by atoms with E-state index in [1.807, 2.05) is 31.2 Å². The Kier molecular flexibility index (Phi) is 4.84. The molecule has 0 aliphatic rings. The number of nitrogens with zero attached hydrogens (tertiary/aromatic N) is 2. The number of Topliss-reactive ketones (excluding diaryl/α,β-unsaturated/α-hetero) is 1. The molecule has 24 heavy (non-hydrogen) atoms. The van der Waals surface area contributed by atoms with Gasteiger partial charge in [-0.15, -0.1) is 0 Å². The van der Waals surface area contributed by atoms with Crippen molar-refractivity contribution in [3.8, 4) is 6.07 Å². The van der Waals surface area contributed by atoms with Gasteiger partial charge in [0.25, 0.3) is 0 Å². The smallest absolute Gasteiger partial charge is 0.173 e. The van der Waals surface area contributed by atoms with Gasteiger partial charge in [-0.2, -0.15) is 5.26 Å². The zero-order chi connectivity index (χ0) is 17.1. The summed E-state index contributed by atoms with van der Waals surface area (Å²) in [7, 11) is 0. The molecule has 0 amide bonds. The molecule has 3 rings (SSSR count). The van der Waals surface area contributed by atoms with E-state index in [9.17, 15) is 10.1 Å². The van der Waals surface area contributed by atoms with Crippen LogP contribution in [0.4, 0.5) is 0 Å². The Labute approximate surface area is 149 Å². The Morgan fingerprint density at radius 3 is 2.71 bits per heavy atom. The van der Waals surface area contributed by atoms with E-state index in [2.05, 4.69) is 11.1 Å². The highest BCUT2D eigenvalue weighted by Crippen LogP contribution is 2.26. The summed E-state index contributed by atoms with van der Waals surface area (Å²) in [4.78, 5) is 16.9. The fraction of sp³-hybridized carbons (Fsp3) is 0.105. The molecule has 0 radical (unpaired) electrons. The number of benzene rings is 2. The zero-order valence-corrected chi connectivity index (χ0v) is 14.5. The number of hydrogen-bond acceptors (Lipinski definition) is 4. The maximum atomic E-state index is 12.3. The minimum absolute atomic E-state index is 0.0211. The number of fused-ring (bicyclic) bond motifs is 1. The van der Waals surface area contributed by atoms with Crippen molar-refractivity contribution >= 4 is 40.0 Å². The summed E-state index contributed by atoms with van der Waals surface area (Å²) in [6, 6.07) is 16.6. The average Bonchev–Trinajstić information content (AvgIpc) is 2.60. The van der Waals surface area contributed by atoms with Crippen molar-refractivity contribution in [2.24, 2.45) is 0 Å². The quantitative estimate of drug-likeness (QED) is 0.487. The molecule has 2 aromatic carbocycles. The summed E-state index contributed by atoms with van der Waals surface area (Å²) < 4.78 is 0. The second-order valence-electron chi connectivity index (χ2n) is 5.32. The van der Waals surface area contributed by atoms with Gasteiger partial charge in [0, 0.05) is 16.0 Å². The van der Waals surface area contributed by atoms with Crippen molar-refractivity contribution in [2.75, 3.05) is 5.75 Å². The van der Waals surface area contributed by atoms with Crippen LogP contribution in [0.2, 0.25) is 5.02 Å². The van der Waals surface area contributed by atoms with Crippen molar-refractivity contribution in [3.63, 3.8) is 0 Å². The van der Waals surface area contributed by atoms with E-state index >= 15 is 0 Å². The lowest BCUT2D eigenvalue weighted by atomic mass is 10.1. The number of thioether (sulfide) groups is 1. The van der Waals surface area contributed by atoms with Crippen LogP contribution in [0.15, 0.2) is 53.6 Å². The van der Waals surface area contributed by atoms with Crippen LogP contribution in [0.1, 0.15) is 21.5 Å². The summed E-state index contributed by atoms with van der Waals surface area (Å²) >= 11 is 7.12. The fourth-order valence-corrected chi connectivity index (χ4v) is 3.35. The van der Waals surface area contributed by atoms with Crippen LogP contribution in [0.3, 0.4) is 0 Å². The van der Waals surface area contributed by atoms with Crippen molar-refractivity contribution in [2.45, 2.75) is 11.9 Å². The fourth-order valence-electron chi connectivity index (χ4n) is 2.37. The first-order chi connectivity index (χ1) is 11.6. The van der Waals surface area contributed by atoms with E-state index in [4.69, 9.17) is 11.6 Å². The van der Waals surface area contributed by atoms with Gasteiger partial charge in [-0.3, -0.25) is 4.79 Å². The van der Waals surface area contributed by atoms with Gasteiger partial charge in [-0.25, -0.2) is 4.98 Å². The van der Waals surface area contributed by atoms with Crippen molar-refractivity contribution in [1.29, 1.82) is 5.26 Å². The number of aromatic nitrogens is 1. The first kappa shape index (κ1) is 16.5. The van der Waals surface area contributed by atoms with Gasteiger partial charge in [0.1, 0.15) is 11.1 Å². The van der Waals surface area contributed by atoms with Gasteiger partial charge in [0.15, 0.2) is 5.78 Å². The van der Waals surface area contributed by atoms with Gasteiger partial charge in [-0.1, -0.05) is 41.6 Å². The Hall–Kier alpha value is -2.35. The molecule has 0 saturated heterocycles. The predicted molar refractivity (Wildman–Crippen MR) is 97.7 cm³/mol. The Morgan fingerprint density at radius 1 is 1.25 bits per heavy atom. The van der Waals surface area contributed by atoms with E-state index in [0.29, 0.717) is 21.2 Å². The van der Waals surface area contributed by atoms with Crippen molar-refractivity contribution < 1.29 is 4.79 Å². The summed E-state index contributed by atoms with van der Waals surface area (Å²) in [5, 5.41) is 11.5. The molecule has 0 aliphatic carbocycles. The highest BCUT2D eigenvalue weighted by Gasteiger charge is 2.12. The first-order valence-corrected chi connectivity index (χ1v) is 8.67. The molecule has 1 heterocycles. The minimum atomic E-state index is -0.0211. The van der Waals surface area contributed by atoms with E-state index in [1.54, 1.807) is 24.3 Å². The predicted octanol–water partition coefficient (Wildman–Crippen LogP) is 5.04. The standard InChI is InChI=1S/C19H13ClN2OS/c1-12-3-2-4-14-9-15(10-21)19(22-18(12)14)24-11-17(23)13-5-7-16(20)8-6-13/h2-9H,11H2,1H3. The van der Waals surface area contributed by atoms with Gasteiger partial charge >= 0.3 is 0 Å². The van der Waals surface area contributed by atoms with Crippen LogP contribution >= 0.6 is 23.4 Å². The Morgan fingerprint density at radius 2 is 2.00 bits per heavy atom. The zero-order valence-electron chi connectivity index (χ0n) is 12.9. The van der Waals surface area contributed by atoms with E-state index in [0.717, 1.165) is 16.5 Å². The molecular weight excluding hydrogens is 340 g/mol. The Balaban J connectivity index is 1.86. The number of halogens is 1. The second-order valence-corrected chi connectivity index (χ2v) is 6.72. The number of carbonyl (C=O) groups excluding carboxylic acids is 1. The van der Waals surface area contributed by atoms with Gasteiger partial charge in [0.05, 0.1) is 16.8 Å². The molecule has 0 saturated carbocycles. The van der Waals surface area contributed by atoms with E-state index in [1.165, 1.54) is 11.8 Å². The van der Waals surface area contributed by atoms with Crippen molar-refractivity contribution in [1.82, 2.24) is 4.98 Å². The highest BCUT2D eigenvalue weighted by molar-refractivity contribution is 8.00. The maximum Gasteiger partial charge on any atom is 0.173 e. The first-order valence-electron chi connectivity index (χ1n) is 7.30. The molecule has 118 valence electrons.